The zero-order valence-electron chi connectivity index (χ0n) is 15.2. The number of amides is 1. The van der Waals surface area contributed by atoms with Gasteiger partial charge in [0.15, 0.2) is 5.16 Å². The smallest absolute Gasteiger partial charge is 0.240 e. The predicted octanol–water partition coefficient (Wildman–Crippen LogP) is 4.25. The van der Waals surface area contributed by atoms with Crippen LogP contribution in [-0.4, -0.2) is 33.9 Å². The molecule has 1 aromatic heterocycles. The van der Waals surface area contributed by atoms with Crippen LogP contribution in [0.15, 0.2) is 35.5 Å². The van der Waals surface area contributed by atoms with Crippen LogP contribution >= 0.6 is 11.8 Å². The minimum absolute atomic E-state index is 0.176. The van der Waals surface area contributed by atoms with E-state index in [9.17, 15) is 4.79 Å². The van der Waals surface area contributed by atoms with E-state index in [1.807, 2.05) is 56.0 Å². The zero-order valence-corrected chi connectivity index (χ0v) is 16.0. The highest BCUT2D eigenvalue weighted by atomic mass is 32.2. The molecule has 1 aromatic carbocycles. The van der Waals surface area contributed by atoms with Crippen molar-refractivity contribution in [2.75, 3.05) is 13.1 Å². The Hall–Kier alpha value is -1.88. The summed E-state index contributed by atoms with van der Waals surface area (Å²) >= 11 is 1.47. The van der Waals surface area contributed by atoms with Gasteiger partial charge >= 0.3 is 0 Å². The number of nitrogens with zero attached hydrogens (tertiary/aromatic N) is 3. The highest BCUT2D eigenvalue weighted by molar-refractivity contribution is 8.00. The second kappa shape index (κ2) is 8.00. The lowest BCUT2D eigenvalue weighted by atomic mass is 10.1. The molecule has 2 heterocycles. The molecule has 0 N–H and O–H groups in total. The molecule has 1 atom stereocenters. The quantitative estimate of drug-likeness (QED) is 0.608. The van der Waals surface area contributed by atoms with E-state index in [-0.39, 0.29) is 11.2 Å². The fraction of sp³-hybridized carbons (Fsp3) is 0.450. The van der Waals surface area contributed by atoms with Gasteiger partial charge in [0.05, 0.1) is 0 Å². The third-order valence-corrected chi connectivity index (χ3v) is 5.93. The molecule has 0 bridgehead atoms. The summed E-state index contributed by atoms with van der Waals surface area (Å²) in [4.78, 5) is 24.4. The van der Waals surface area contributed by atoms with E-state index < -0.39 is 0 Å². The Labute approximate surface area is 154 Å². The molecule has 5 heteroatoms. The molecule has 132 valence electrons. The Balaban J connectivity index is 1.90. The Morgan fingerprint density at radius 1 is 1.00 bits per heavy atom. The first-order valence-corrected chi connectivity index (χ1v) is 9.76. The third kappa shape index (κ3) is 4.21. The number of piperidine rings is 1. The van der Waals surface area contributed by atoms with Crippen molar-refractivity contribution < 1.29 is 4.79 Å². The largest absolute Gasteiger partial charge is 0.341 e. The van der Waals surface area contributed by atoms with Crippen molar-refractivity contribution in [3.8, 4) is 0 Å². The van der Waals surface area contributed by atoms with Gasteiger partial charge in [0.1, 0.15) is 5.25 Å². The van der Waals surface area contributed by atoms with Crippen molar-refractivity contribution in [3.05, 3.63) is 52.8 Å². The maximum atomic E-state index is 13.2. The van der Waals surface area contributed by atoms with Crippen LogP contribution < -0.4 is 0 Å². The number of aryl methyl sites for hydroxylation is 2. The van der Waals surface area contributed by atoms with E-state index in [2.05, 4.69) is 9.97 Å². The Kier molecular flexibility index (Phi) is 5.74. The van der Waals surface area contributed by atoms with Crippen molar-refractivity contribution in [3.63, 3.8) is 0 Å². The van der Waals surface area contributed by atoms with Crippen molar-refractivity contribution in [1.82, 2.24) is 14.9 Å². The zero-order chi connectivity index (χ0) is 17.8. The minimum Gasteiger partial charge on any atom is -0.341 e. The number of thioether (sulfide) groups is 1. The molecule has 25 heavy (non-hydrogen) atoms. The number of hydrogen-bond donors (Lipinski definition) is 0. The summed E-state index contributed by atoms with van der Waals surface area (Å²) in [5.41, 5.74) is 4.09. The standard InChI is InChI=1S/C20H25N3OS/c1-14-15(2)21-20(22-16(14)3)25-18(17-10-6-4-7-11-17)19(24)23-12-8-5-9-13-23/h4,6-7,10-11,18H,5,8-9,12-13H2,1-3H3/t18-/m0/s1. The number of carbonyl (C=O) groups excluding carboxylic acids is 1. The van der Waals surface area contributed by atoms with Gasteiger partial charge in [-0.1, -0.05) is 42.1 Å². The van der Waals surface area contributed by atoms with Crippen LogP contribution in [0.5, 0.6) is 0 Å². The Morgan fingerprint density at radius 3 is 2.20 bits per heavy atom. The average Bonchev–Trinajstić information content (AvgIpc) is 2.65. The molecule has 1 amide bonds. The van der Waals surface area contributed by atoms with Gasteiger partial charge in [0.2, 0.25) is 5.91 Å². The maximum Gasteiger partial charge on any atom is 0.240 e. The van der Waals surface area contributed by atoms with Gasteiger partial charge in [0, 0.05) is 24.5 Å². The van der Waals surface area contributed by atoms with Gasteiger partial charge < -0.3 is 4.90 Å². The maximum absolute atomic E-state index is 13.2. The monoisotopic (exact) mass is 355 g/mol. The van der Waals surface area contributed by atoms with Crippen molar-refractivity contribution >= 4 is 17.7 Å². The molecular formula is C20H25N3OS. The SMILES string of the molecule is Cc1nc(S[C@H](C(=O)N2CCCCC2)c2ccccc2)nc(C)c1C. The molecule has 0 saturated carbocycles. The summed E-state index contributed by atoms with van der Waals surface area (Å²) in [7, 11) is 0. The lowest BCUT2D eigenvalue weighted by molar-refractivity contribution is -0.131. The molecule has 3 rings (SSSR count). The Morgan fingerprint density at radius 2 is 1.60 bits per heavy atom. The van der Waals surface area contributed by atoms with E-state index in [0.29, 0.717) is 5.16 Å². The highest BCUT2D eigenvalue weighted by Gasteiger charge is 2.29. The van der Waals surface area contributed by atoms with Gasteiger partial charge in [-0.3, -0.25) is 4.79 Å². The first kappa shape index (κ1) is 17.9. The number of likely N-dealkylation sites (tertiary alicyclic amines) is 1. The molecular weight excluding hydrogens is 330 g/mol. The summed E-state index contributed by atoms with van der Waals surface area (Å²) in [6.07, 6.45) is 3.40. The summed E-state index contributed by atoms with van der Waals surface area (Å²) in [5, 5.41) is 0.389. The molecule has 0 aliphatic carbocycles. The molecule has 2 aromatic rings. The first-order chi connectivity index (χ1) is 12.1. The molecule has 4 nitrogen and oxygen atoms in total. The van der Waals surface area contributed by atoms with Gasteiger partial charge in [-0.2, -0.15) is 0 Å². The second-order valence-corrected chi connectivity index (χ2v) is 7.67. The first-order valence-electron chi connectivity index (χ1n) is 8.88. The molecule has 1 aliphatic rings. The Bertz CT molecular complexity index is 719. The van der Waals surface area contributed by atoms with E-state index >= 15 is 0 Å². The van der Waals surface area contributed by atoms with Crippen LogP contribution in [0.2, 0.25) is 0 Å². The fourth-order valence-corrected chi connectivity index (χ4v) is 4.20. The fourth-order valence-electron chi connectivity index (χ4n) is 3.07. The number of hydrogen-bond acceptors (Lipinski definition) is 4. The lowest BCUT2D eigenvalue weighted by Gasteiger charge is -2.30. The van der Waals surface area contributed by atoms with E-state index in [1.165, 1.54) is 18.2 Å². The van der Waals surface area contributed by atoms with E-state index in [0.717, 1.165) is 48.4 Å². The predicted molar refractivity (Wildman–Crippen MR) is 102 cm³/mol. The summed E-state index contributed by atoms with van der Waals surface area (Å²) in [5.74, 6) is 0.176. The second-order valence-electron chi connectivity index (χ2n) is 6.60. The van der Waals surface area contributed by atoms with E-state index in [1.54, 1.807) is 0 Å². The minimum atomic E-state index is -0.291. The van der Waals surface area contributed by atoms with Crippen LogP contribution in [0.3, 0.4) is 0 Å². The molecule has 0 radical (unpaired) electrons. The third-order valence-electron chi connectivity index (χ3n) is 4.83. The van der Waals surface area contributed by atoms with Gasteiger partial charge in [-0.05, 0) is 51.2 Å². The van der Waals surface area contributed by atoms with Crippen molar-refractivity contribution in [2.24, 2.45) is 0 Å². The van der Waals surface area contributed by atoms with Gasteiger partial charge in [-0.25, -0.2) is 9.97 Å². The van der Waals surface area contributed by atoms with Crippen LogP contribution in [0, 0.1) is 20.8 Å². The summed E-state index contributed by atoms with van der Waals surface area (Å²) in [6.45, 7) is 7.74. The normalized spacial score (nSPS) is 15.9. The lowest BCUT2D eigenvalue weighted by Crippen LogP contribution is -2.38. The summed E-state index contributed by atoms with van der Waals surface area (Å²) in [6, 6.07) is 9.99. The number of benzene rings is 1. The van der Waals surface area contributed by atoms with E-state index in [4.69, 9.17) is 0 Å². The summed E-state index contributed by atoms with van der Waals surface area (Å²) < 4.78 is 0. The average molecular weight is 356 g/mol. The molecule has 0 spiro atoms. The topological polar surface area (TPSA) is 46.1 Å². The van der Waals surface area contributed by atoms with Gasteiger partial charge in [-0.15, -0.1) is 0 Å². The highest BCUT2D eigenvalue weighted by Crippen LogP contribution is 2.36. The van der Waals surface area contributed by atoms with Crippen LogP contribution in [-0.2, 0) is 4.79 Å². The van der Waals surface area contributed by atoms with Crippen molar-refractivity contribution in [1.29, 1.82) is 0 Å². The van der Waals surface area contributed by atoms with Crippen LogP contribution in [0.4, 0.5) is 0 Å². The number of rotatable bonds is 4. The van der Waals surface area contributed by atoms with Crippen molar-refractivity contribution in [2.45, 2.75) is 50.4 Å². The number of carbonyl (C=O) groups is 1. The number of aromatic nitrogens is 2. The molecule has 1 saturated heterocycles. The molecule has 0 unspecified atom stereocenters. The van der Waals surface area contributed by atoms with Crippen LogP contribution in [0.1, 0.15) is 47.0 Å². The van der Waals surface area contributed by atoms with Gasteiger partial charge in [0.25, 0.3) is 0 Å². The van der Waals surface area contributed by atoms with Crippen LogP contribution in [0.25, 0.3) is 0 Å². The molecule has 1 fully saturated rings. The molecule has 1 aliphatic heterocycles.